The van der Waals surface area contributed by atoms with Gasteiger partial charge in [0, 0.05) is 39.4 Å². The lowest BCUT2D eigenvalue weighted by atomic mass is 10.3. The van der Waals surface area contributed by atoms with Gasteiger partial charge in [-0.25, -0.2) is 21.8 Å². The third-order valence-electron chi connectivity index (χ3n) is 4.80. The molecule has 3 rings (SSSR count). The predicted octanol–water partition coefficient (Wildman–Crippen LogP) is 1.71. The van der Waals surface area contributed by atoms with Gasteiger partial charge >= 0.3 is 6.36 Å². The topological polar surface area (TPSA) is 102 Å². The second kappa shape index (κ2) is 8.41. The van der Waals surface area contributed by atoms with Crippen LogP contribution < -0.4 is 4.74 Å². The van der Waals surface area contributed by atoms with Crippen LogP contribution in [0.1, 0.15) is 12.2 Å². The number of ether oxygens (including phenoxy) is 1. The Kier molecular flexibility index (Phi) is 6.37. The van der Waals surface area contributed by atoms with Gasteiger partial charge in [0.05, 0.1) is 0 Å². The molecule has 2 aromatic rings. The van der Waals surface area contributed by atoms with Crippen molar-refractivity contribution in [1.82, 2.24) is 18.2 Å². The van der Waals surface area contributed by atoms with Gasteiger partial charge in [-0.1, -0.05) is 12.1 Å². The number of rotatable bonds is 5. The lowest BCUT2D eigenvalue weighted by Crippen LogP contribution is -2.37. The number of alkyl halides is 3. The number of hydrogen-bond donors (Lipinski definition) is 0. The number of aromatic nitrogens is 2. The zero-order valence-electron chi connectivity index (χ0n) is 16.7. The molecule has 0 amide bonds. The highest BCUT2D eigenvalue weighted by atomic mass is 32.2. The van der Waals surface area contributed by atoms with E-state index in [4.69, 9.17) is 0 Å². The van der Waals surface area contributed by atoms with Crippen molar-refractivity contribution in [3.05, 3.63) is 36.3 Å². The Morgan fingerprint density at radius 2 is 1.55 bits per heavy atom. The highest BCUT2D eigenvalue weighted by Gasteiger charge is 2.37. The summed E-state index contributed by atoms with van der Waals surface area (Å²) in [6.45, 7) is 1.24. The smallest absolute Gasteiger partial charge is 0.404 e. The predicted molar refractivity (Wildman–Crippen MR) is 103 cm³/mol. The van der Waals surface area contributed by atoms with Gasteiger partial charge in [0.25, 0.3) is 10.0 Å². The van der Waals surface area contributed by atoms with Crippen LogP contribution in [0.3, 0.4) is 0 Å². The van der Waals surface area contributed by atoms with Gasteiger partial charge in [0.15, 0.2) is 5.03 Å². The Balaban J connectivity index is 1.84. The van der Waals surface area contributed by atoms with E-state index in [1.807, 2.05) is 0 Å². The third kappa shape index (κ3) is 5.02. The molecule has 31 heavy (non-hydrogen) atoms. The van der Waals surface area contributed by atoms with Crippen LogP contribution in [0, 0.1) is 6.92 Å². The molecular formula is C17H21F3N4O5S2. The average molecular weight is 483 g/mol. The molecular weight excluding hydrogens is 461 g/mol. The van der Waals surface area contributed by atoms with Crippen molar-refractivity contribution >= 4 is 20.0 Å². The second-order valence-electron chi connectivity index (χ2n) is 6.89. The number of para-hydroxylation sites is 1. The minimum atomic E-state index is -5.06. The van der Waals surface area contributed by atoms with Crippen LogP contribution in [0.5, 0.6) is 5.75 Å². The summed E-state index contributed by atoms with van der Waals surface area (Å²) in [6, 6.07) is 4.45. The van der Waals surface area contributed by atoms with Crippen molar-refractivity contribution in [2.45, 2.75) is 29.6 Å². The highest BCUT2D eigenvalue weighted by molar-refractivity contribution is 7.89. The van der Waals surface area contributed by atoms with E-state index in [-0.39, 0.29) is 37.6 Å². The Morgan fingerprint density at radius 1 is 0.968 bits per heavy atom. The van der Waals surface area contributed by atoms with Crippen molar-refractivity contribution < 1.29 is 34.7 Å². The number of nitrogens with zero attached hydrogens (tertiary/aromatic N) is 4. The van der Waals surface area contributed by atoms with Crippen molar-refractivity contribution in [2.75, 3.05) is 26.2 Å². The van der Waals surface area contributed by atoms with Crippen molar-refractivity contribution in [3.8, 4) is 5.75 Å². The first-order chi connectivity index (χ1) is 14.3. The van der Waals surface area contributed by atoms with Crippen LogP contribution in [0.25, 0.3) is 0 Å². The van der Waals surface area contributed by atoms with E-state index in [9.17, 15) is 30.0 Å². The van der Waals surface area contributed by atoms with E-state index in [1.54, 1.807) is 18.5 Å². The molecule has 0 bridgehead atoms. The van der Waals surface area contributed by atoms with Gasteiger partial charge in [-0.3, -0.25) is 0 Å². The molecule has 0 spiro atoms. The lowest BCUT2D eigenvalue weighted by Gasteiger charge is -2.22. The SMILES string of the molecule is Cc1nc(S(=O)(=O)N2CCCN(S(=O)(=O)c3ccccc3OC(F)(F)F)CC2)cn1C. The molecule has 1 saturated heterocycles. The summed E-state index contributed by atoms with van der Waals surface area (Å²) in [5, 5.41) is -0.146. The van der Waals surface area contributed by atoms with Crippen molar-refractivity contribution in [2.24, 2.45) is 7.05 Å². The molecule has 1 fully saturated rings. The molecule has 172 valence electrons. The molecule has 0 radical (unpaired) electrons. The molecule has 14 heteroatoms. The van der Waals surface area contributed by atoms with E-state index in [1.165, 1.54) is 18.3 Å². The van der Waals surface area contributed by atoms with Crippen LogP contribution in [-0.2, 0) is 27.1 Å². The van der Waals surface area contributed by atoms with Gasteiger partial charge in [-0.15, -0.1) is 13.2 Å². The van der Waals surface area contributed by atoms with Crippen LogP contribution in [-0.4, -0.2) is 67.5 Å². The number of benzene rings is 1. The summed E-state index contributed by atoms with van der Waals surface area (Å²) in [6.07, 6.45) is -3.53. The lowest BCUT2D eigenvalue weighted by molar-refractivity contribution is -0.275. The standard InChI is InChI=1S/C17H21F3N4O5S2/c1-13-21-16(12-22(13)2)31(27,28)24-9-5-8-23(10-11-24)30(25,26)15-7-4-3-6-14(15)29-17(18,19)20/h3-4,6-7,12H,5,8-11H2,1-2H3. The number of aryl methyl sites for hydroxylation is 2. The molecule has 0 atom stereocenters. The van der Waals surface area contributed by atoms with Gasteiger partial charge < -0.3 is 9.30 Å². The van der Waals surface area contributed by atoms with E-state index in [2.05, 4.69) is 9.72 Å². The van der Waals surface area contributed by atoms with Crippen LogP contribution in [0.2, 0.25) is 0 Å². The fourth-order valence-corrected chi connectivity index (χ4v) is 6.22. The summed E-state index contributed by atoms with van der Waals surface area (Å²) >= 11 is 0. The Labute approximate surface area is 178 Å². The maximum Gasteiger partial charge on any atom is 0.573 e. The van der Waals surface area contributed by atoms with E-state index < -0.39 is 37.1 Å². The van der Waals surface area contributed by atoms with Gasteiger partial charge in [0.1, 0.15) is 16.5 Å². The number of hydrogen-bond acceptors (Lipinski definition) is 6. The molecule has 1 aromatic heterocycles. The molecule has 1 aliphatic heterocycles. The number of sulfonamides is 2. The Bertz CT molecular complexity index is 1140. The van der Waals surface area contributed by atoms with Gasteiger partial charge in [-0.05, 0) is 25.5 Å². The summed E-state index contributed by atoms with van der Waals surface area (Å²) in [4.78, 5) is 3.39. The normalized spacial score (nSPS) is 17.5. The Morgan fingerprint density at radius 3 is 2.10 bits per heavy atom. The van der Waals surface area contributed by atoms with Crippen molar-refractivity contribution in [3.63, 3.8) is 0 Å². The zero-order chi connectivity index (χ0) is 23.0. The molecule has 0 N–H and O–H groups in total. The van der Waals surface area contributed by atoms with Crippen molar-refractivity contribution in [1.29, 1.82) is 0 Å². The highest BCUT2D eigenvalue weighted by Crippen LogP contribution is 2.32. The van der Waals surface area contributed by atoms with Crippen LogP contribution >= 0.6 is 0 Å². The van der Waals surface area contributed by atoms with E-state index in [0.29, 0.717) is 5.82 Å². The fraction of sp³-hybridized carbons (Fsp3) is 0.471. The van der Waals surface area contributed by atoms with E-state index in [0.717, 1.165) is 20.7 Å². The minimum absolute atomic E-state index is 0.0463. The first kappa shape index (κ1) is 23.5. The minimum Gasteiger partial charge on any atom is -0.404 e. The second-order valence-corrected chi connectivity index (χ2v) is 10.7. The van der Waals surface area contributed by atoms with Crippen LogP contribution in [0.4, 0.5) is 13.2 Å². The molecule has 0 aliphatic carbocycles. The number of halogens is 3. The van der Waals surface area contributed by atoms with Gasteiger partial charge in [-0.2, -0.15) is 8.61 Å². The fourth-order valence-electron chi connectivity index (χ4n) is 3.15. The molecule has 9 nitrogen and oxygen atoms in total. The molecule has 0 saturated carbocycles. The van der Waals surface area contributed by atoms with Crippen LogP contribution in [0.15, 0.2) is 40.4 Å². The summed E-state index contributed by atoms with van der Waals surface area (Å²) in [5.74, 6) is -0.341. The first-order valence-electron chi connectivity index (χ1n) is 9.17. The maximum absolute atomic E-state index is 13.0. The summed E-state index contributed by atoms with van der Waals surface area (Å²) in [5.41, 5.74) is 0. The molecule has 2 heterocycles. The summed E-state index contributed by atoms with van der Waals surface area (Å²) in [7, 11) is -6.65. The summed E-state index contributed by atoms with van der Waals surface area (Å²) < 4.78 is 97.3. The number of imidazole rings is 1. The average Bonchev–Trinajstić information content (AvgIpc) is 2.87. The molecule has 1 aromatic carbocycles. The largest absolute Gasteiger partial charge is 0.573 e. The quantitative estimate of drug-likeness (QED) is 0.643. The monoisotopic (exact) mass is 482 g/mol. The Hall–Kier alpha value is -2.16. The zero-order valence-corrected chi connectivity index (χ0v) is 18.3. The maximum atomic E-state index is 13.0. The first-order valence-corrected chi connectivity index (χ1v) is 12.1. The molecule has 0 unspecified atom stereocenters. The third-order valence-corrected chi connectivity index (χ3v) is 8.51. The van der Waals surface area contributed by atoms with E-state index >= 15 is 0 Å². The van der Waals surface area contributed by atoms with Gasteiger partial charge in [0.2, 0.25) is 10.0 Å². The molecule has 1 aliphatic rings.